The van der Waals surface area contributed by atoms with Crippen LogP contribution in [0.1, 0.15) is 5.56 Å². The second kappa shape index (κ2) is 6.26. The molecule has 0 bridgehead atoms. The van der Waals surface area contributed by atoms with Gasteiger partial charge in [0, 0.05) is 21.6 Å². The molecule has 0 radical (unpaired) electrons. The molecule has 1 N–H and O–H groups in total. The van der Waals surface area contributed by atoms with Crippen LogP contribution in [-0.2, 0) is 6.54 Å². The first-order valence-corrected chi connectivity index (χ1v) is 6.79. The summed E-state index contributed by atoms with van der Waals surface area (Å²) in [6.07, 6.45) is 0. The van der Waals surface area contributed by atoms with Gasteiger partial charge in [-0.05, 0) is 30.3 Å². The predicted molar refractivity (Wildman–Crippen MR) is 79.4 cm³/mol. The van der Waals surface area contributed by atoms with E-state index in [4.69, 9.17) is 16.3 Å². The van der Waals surface area contributed by atoms with Crippen LogP contribution in [0.15, 0.2) is 40.9 Å². The molecule has 0 amide bonds. The van der Waals surface area contributed by atoms with Crippen molar-refractivity contribution in [1.82, 2.24) is 0 Å². The molecule has 0 spiro atoms. The van der Waals surface area contributed by atoms with Gasteiger partial charge in [0.15, 0.2) is 0 Å². The highest BCUT2D eigenvalue weighted by molar-refractivity contribution is 9.10. The van der Waals surface area contributed by atoms with E-state index in [-0.39, 0.29) is 5.82 Å². The normalized spacial score (nSPS) is 10.3. The molecule has 2 aromatic carbocycles. The third-order valence-corrected chi connectivity index (χ3v) is 3.53. The number of nitrogens with one attached hydrogen (secondary N) is 1. The smallest absolute Gasteiger partial charge is 0.147 e. The van der Waals surface area contributed by atoms with E-state index in [0.29, 0.717) is 27.5 Å². The van der Waals surface area contributed by atoms with E-state index < -0.39 is 0 Å². The van der Waals surface area contributed by atoms with Gasteiger partial charge in [-0.25, -0.2) is 4.39 Å². The molecule has 0 atom stereocenters. The maximum atomic E-state index is 13.7. The summed E-state index contributed by atoms with van der Waals surface area (Å²) >= 11 is 9.34. The van der Waals surface area contributed by atoms with E-state index in [0.717, 1.165) is 5.56 Å². The number of rotatable bonds is 4. The molecule has 5 heteroatoms. The van der Waals surface area contributed by atoms with Crippen LogP contribution in [0.2, 0.25) is 5.02 Å². The van der Waals surface area contributed by atoms with Crippen molar-refractivity contribution in [2.24, 2.45) is 0 Å². The van der Waals surface area contributed by atoms with Crippen LogP contribution in [0.25, 0.3) is 0 Å². The zero-order valence-corrected chi connectivity index (χ0v) is 12.6. The van der Waals surface area contributed by atoms with Crippen LogP contribution in [0, 0.1) is 5.82 Å². The van der Waals surface area contributed by atoms with Crippen molar-refractivity contribution in [2.75, 3.05) is 12.4 Å². The van der Waals surface area contributed by atoms with Crippen LogP contribution in [-0.4, -0.2) is 7.11 Å². The van der Waals surface area contributed by atoms with Crippen molar-refractivity contribution >= 4 is 33.2 Å². The standard InChI is InChI=1S/C14H12BrClFNO/c1-19-14-4-2-3-11(16)10(14)8-18-13-6-5-9(15)7-12(13)17/h2-7,18H,8H2,1H3. The van der Waals surface area contributed by atoms with E-state index in [1.807, 2.05) is 12.1 Å². The van der Waals surface area contributed by atoms with Crippen molar-refractivity contribution in [3.63, 3.8) is 0 Å². The largest absolute Gasteiger partial charge is 0.496 e. The topological polar surface area (TPSA) is 21.3 Å². The quantitative estimate of drug-likeness (QED) is 0.855. The summed E-state index contributed by atoms with van der Waals surface area (Å²) in [5, 5.41) is 3.60. The third kappa shape index (κ3) is 3.39. The highest BCUT2D eigenvalue weighted by Crippen LogP contribution is 2.28. The van der Waals surface area contributed by atoms with E-state index in [1.165, 1.54) is 6.07 Å². The Morgan fingerprint density at radius 1 is 1.32 bits per heavy atom. The van der Waals surface area contributed by atoms with Crippen LogP contribution < -0.4 is 10.1 Å². The third-order valence-electron chi connectivity index (χ3n) is 2.68. The van der Waals surface area contributed by atoms with Crippen molar-refractivity contribution in [1.29, 1.82) is 0 Å². The fourth-order valence-electron chi connectivity index (χ4n) is 1.72. The van der Waals surface area contributed by atoms with Gasteiger partial charge in [-0.3, -0.25) is 0 Å². The zero-order chi connectivity index (χ0) is 13.8. The molecule has 100 valence electrons. The second-order valence-electron chi connectivity index (χ2n) is 3.90. The Morgan fingerprint density at radius 3 is 2.79 bits per heavy atom. The lowest BCUT2D eigenvalue weighted by molar-refractivity contribution is 0.410. The first kappa shape index (κ1) is 14.2. The van der Waals surface area contributed by atoms with Gasteiger partial charge in [0.2, 0.25) is 0 Å². The van der Waals surface area contributed by atoms with Crippen LogP contribution in [0.3, 0.4) is 0 Å². The molecular formula is C14H12BrClFNO. The average Bonchev–Trinajstić information content (AvgIpc) is 2.39. The fourth-order valence-corrected chi connectivity index (χ4v) is 2.28. The maximum Gasteiger partial charge on any atom is 0.147 e. The number of hydrogen-bond donors (Lipinski definition) is 1. The second-order valence-corrected chi connectivity index (χ2v) is 5.22. The van der Waals surface area contributed by atoms with E-state index >= 15 is 0 Å². The molecule has 0 aliphatic rings. The van der Waals surface area contributed by atoms with Gasteiger partial charge in [-0.1, -0.05) is 33.6 Å². The van der Waals surface area contributed by atoms with Crippen molar-refractivity contribution in [3.8, 4) is 5.75 Å². The van der Waals surface area contributed by atoms with Crippen LogP contribution >= 0.6 is 27.5 Å². The predicted octanol–water partition coefficient (Wildman–Crippen LogP) is 4.86. The Bertz CT molecular complexity index is 592. The number of hydrogen-bond acceptors (Lipinski definition) is 2. The maximum absolute atomic E-state index is 13.7. The van der Waals surface area contributed by atoms with Crippen LogP contribution in [0.4, 0.5) is 10.1 Å². The fraction of sp³-hybridized carbons (Fsp3) is 0.143. The lowest BCUT2D eigenvalue weighted by atomic mass is 10.2. The van der Waals surface area contributed by atoms with Crippen molar-refractivity contribution < 1.29 is 9.13 Å². The SMILES string of the molecule is COc1cccc(Cl)c1CNc1ccc(Br)cc1F. The Hall–Kier alpha value is -1.26. The first-order chi connectivity index (χ1) is 9.11. The van der Waals surface area contributed by atoms with Gasteiger partial charge in [0.25, 0.3) is 0 Å². The molecule has 0 aliphatic heterocycles. The molecule has 19 heavy (non-hydrogen) atoms. The van der Waals surface area contributed by atoms with E-state index in [9.17, 15) is 4.39 Å². The molecule has 0 saturated heterocycles. The number of benzene rings is 2. The van der Waals surface area contributed by atoms with Gasteiger partial charge < -0.3 is 10.1 Å². The van der Waals surface area contributed by atoms with Gasteiger partial charge in [-0.15, -0.1) is 0 Å². The average molecular weight is 345 g/mol. The Morgan fingerprint density at radius 2 is 2.11 bits per heavy atom. The summed E-state index contributed by atoms with van der Waals surface area (Å²) in [5.74, 6) is 0.359. The molecule has 0 fully saturated rings. The summed E-state index contributed by atoms with van der Waals surface area (Å²) in [4.78, 5) is 0. The lowest BCUT2D eigenvalue weighted by Gasteiger charge is -2.12. The first-order valence-electron chi connectivity index (χ1n) is 5.62. The molecule has 0 unspecified atom stereocenters. The monoisotopic (exact) mass is 343 g/mol. The summed E-state index contributed by atoms with van der Waals surface area (Å²) in [7, 11) is 1.58. The highest BCUT2D eigenvalue weighted by atomic mass is 79.9. The Labute approximate surface area is 124 Å². The van der Waals surface area contributed by atoms with E-state index in [1.54, 1.807) is 25.3 Å². The number of anilines is 1. The minimum Gasteiger partial charge on any atom is -0.496 e. The molecule has 2 aromatic rings. The molecule has 0 heterocycles. The minimum absolute atomic E-state index is 0.319. The lowest BCUT2D eigenvalue weighted by Crippen LogP contribution is -2.04. The summed E-state index contributed by atoms with van der Waals surface area (Å²) in [6, 6.07) is 10.3. The molecular weight excluding hydrogens is 333 g/mol. The van der Waals surface area contributed by atoms with Crippen molar-refractivity contribution in [2.45, 2.75) is 6.54 Å². The van der Waals surface area contributed by atoms with Gasteiger partial charge >= 0.3 is 0 Å². The van der Waals surface area contributed by atoms with Crippen molar-refractivity contribution in [3.05, 3.63) is 57.3 Å². The van der Waals surface area contributed by atoms with Gasteiger partial charge in [0.1, 0.15) is 11.6 Å². The zero-order valence-electron chi connectivity index (χ0n) is 10.2. The summed E-state index contributed by atoms with van der Waals surface area (Å²) in [5.41, 5.74) is 1.22. The minimum atomic E-state index is -0.319. The Kier molecular flexibility index (Phi) is 4.66. The van der Waals surface area contributed by atoms with E-state index in [2.05, 4.69) is 21.2 Å². The molecule has 2 rings (SSSR count). The molecule has 2 nitrogen and oxygen atoms in total. The number of methoxy groups -OCH3 is 1. The molecule has 0 saturated carbocycles. The number of ether oxygens (including phenoxy) is 1. The number of halogens is 3. The summed E-state index contributed by atoms with van der Waals surface area (Å²) < 4.78 is 19.6. The van der Waals surface area contributed by atoms with Crippen LogP contribution in [0.5, 0.6) is 5.75 Å². The van der Waals surface area contributed by atoms with Gasteiger partial charge in [0.05, 0.1) is 12.8 Å². The summed E-state index contributed by atoms with van der Waals surface area (Å²) in [6.45, 7) is 0.390. The highest BCUT2D eigenvalue weighted by Gasteiger charge is 2.09. The molecule has 0 aromatic heterocycles. The Balaban J connectivity index is 2.19. The van der Waals surface area contributed by atoms with Gasteiger partial charge in [-0.2, -0.15) is 0 Å². The molecule has 0 aliphatic carbocycles.